The lowest BCUT2D eigenvalue weighted by molar-refractivity contribution is 0.387. The van der Waals surface area contributed by atoms with Crippen LogP contribution in [0.15, 0.2) is 23.1 Å². The van der Waals surface area contributed by atoms with Gasteiger partial charge in [-0.25, -0.2) is 12.7 Å². The molecule has 1 aliphatic rings. The van der Waals surface area contributed by atoms with Crippen LogP contribution in [-0.2, 0) is 10.0 Å². The zero-order valence-corrected chi connectivity index (χ0v) is 14.3. The Balaban J connectivity index is 2.29. The molecule has 116 valence electrons. The Bertz CT molecular complexity index is 640. The second kappa shape index (κ2) is 6.60. The van der Waals surface area contributed by atoms with E-state index in [1.54, 1.807) is 13.1 Å². The summed E-state index contributed by atoms with van der Waals surface area (Å²) in [5.74, 6) is 0.433. The van der Waals surface area contributed by atoms with Gasteiger partial charge in [-0.15, -0.1) is 0 Å². The topological polar surface area (TPSA) is 63.4 Å². The van der Waals surface area contributed by atoms with Crippen molar-refractivity contribution in [2.45, 2.75) is 30.6 Å². The molecule has 2 N–H and O–H groups in total. The van der Waals surface area contributed by atoms with Gasteiger partial charge in [0.1, 0.15) is 9.88 Å². The molecule has 2 rings (SSSR count). The lowest BCUT2D eigenvalue weighted by atomic mass is 10.1. The molecule has 1 saturated carbocycles. The molecule has 1 aliphatic carbocycles. The fraction of sp³-hybridized carbons (Fsp3) is 0.500. The van der Waals surface area contributed by atoms with Crippen LogP contribution in [0.3, 0.4) is 0 Å². The summed E-state index contributed by atoms with van der Waals surface area (Å²) in [6.45, 7) is 0.524. The Morgan fingerprint density at radius 2 is 2.05 bits per heavy atom. The summed E-state index contributed by atoms with van der Waals surface area (Å²) in [6.07, 6.45) is 4.52. The van der Waals surface area contributed by atoms with Gasteiger partial charge in [-0.05, 0) is 30.9 Å². The highest BCUT2D eigenvalue weighted by Crippen LogP contribution is 2.29. The summed E-state index contributed by atoms with van der Waals surface area (Å²) in [4.78, 5) is 0.219. The van der Waals surface area contributed by atoms with E-state index in [0.717, 1.165) is 12.8 Å². The Hall–Kier alpha value is -0.690. The van der Waals surface area contributed by atoms with E-state index >= 15 is 0 Å². The highest BCUT2D eigenvalue weighted by Gasteiger charge is 2.27. The van der Waals surface area contributed by atoms with E-state index < -0.39 is 10.0 Å². The first-order valence-electron chi connectivity index (χ1n) is 6.88. The van der Waals surface area contributed by atoms with Gasteiger partial charge in [-0.3, -0.25) is 0 Å². The predicted octanol–water partition coefficient (Wildman–Crippen LogP) is 2.78. The summed E-state index contributed by atoms with van der Waals surface area (Å²) in [5, 5.41) is 0.188. The van der Waals surface area contributed by atoms with Crippen molar-refractivity contribution in [3.63, 3.8) is 0 Å². The van der Waals surface area contributed by atoms with Gasteiger partial charge in [0.25, 0.3) is 0 Å². The van der Waals surface area contributed by atoms with Crippen molar-refractivity contribution in [1.29, 1.82) is 0 Å². The fourth-order valence-corrected chi connectivity index (χ4v) is 4.55. The molecule has 0 spiro atoms. The number of hydrogen-bond donors (Lipinski definition) is 1. The summed E-state index contributed by atoms with van der Waals surface area (Å²) in [5.41, 5.74) is 6.07. The Kier molecular flexibility index (Phi) is 5.24. The second-order valence-corrected chi connectivity index (χ2v) is 8.31. The number of hydrogen-bond acceptors (Lipinski definition) is 3. The molecule has 7 heteroatoms. The highest BCUT2D eigenvalue weighted by molar-refractivity contribution is 7.89. The predicted molar refractivity (Wildman–Crippen MR) is 89.1 cm³/mol. The van der Waals surface area contributed by atoms with Crippen molar-refractivity contribution in [2.75, 3.05) is 13.6 Å². The van der Waals surface area contributed by atoms with Crippen LogP contribution in [0.4, 0.5) is 0 Å². The minimum atomic E-state index is -3.63. The molecule has 0 unspecified atom stereocenters. The van der Waals surface area contributed by atoms with Crippen LogP contribution < -0.4 is 5.73 Å². The monoisotopic (exact) mass is 346 g/mol. The largest absolute Gasteiger partial charge is 0.389 e. The molecular formula is C14H19ClN2O2S2. The molecule has 0 aliphatic heterocycles. The third-order valence-electron chi connectivity index (χ3n) is 3.89. The first-order chi connectivity index (χ1) is 9.82. The van der Waals surface area contributed by atoms with Gasteiger partial charge in [-0.1, -0.05) is 42.7 Å². The number of halogens is 1. The van der Waals surface area contributed by atoms with Crippen LogP contribution in [0.1, 0.15) is 31.2 Å². The highest BCUT2D eigenvalue weighted by atomic mass is 35.5. The number of benzene rings is 1. The van der Waals surface area contributed by atoms with Crippen LogP contribution in [-0.4, -0.2) is 31.3 Å². The zero-order valence-electron chi connectivity index (χ0n) is 11.9. The number of nitrogens with zero attached hydrogens (tertiary/aromatic N) is 1. The van der Waals surface area contributed by atoms with Gasteiger partial charge in [0.05, 0.1) is 5.02 Å². The van der Waals surface area contributed by atoms with Gasteiger partial charge in [0.15, 0.2) is 0 Å². The molecule has 0 atom stereocenters. The summed E-state index contributed by atoms with van der Waals surface area (Å²) < 4.78 is 26.7. The lowest BCUT2D eigenvalue weighted by Crippen LogP contribution is -2.31. The van der Waals surface area contributed by atoms with E-state index in [2.05, 4.69) is 0 Å². The van der Waals surface area contributed by atoms with E-state index in [1.165, 1.54) is 29.3 Å². The number of rotatable bonds is 5. The number of sulfonamides is 1. The maximum absolute atomic E-state index is 12.7. The first kappa shape index (κ1) is 16.7. The molecule has 0 amide bonds. The quantitative estimate of drug-likeness (QED) is 0.833. The molecular weight excluding hydrogens is 328 g/mol. The van der Waals surface area contributed by atoms with Gasteiger partial charge in [0, 0.05) is 19.2 Å². The van der Waals surface area contributed by atoms with Crippen LogP contribution in [0.25, 0.3) is 0 Å². The van der Waals surface area contributed by atoms with E-state index in [-0.39, 0.29) is 14.9 Å². The number of nitrogens with two attached hydrogens (primary N) is 1. The van der Waals surface area contributed by atoms with Crippen LogP contribution in [0.2, 0.25) is 5.02 Å². The zero-order chi connectivity index (χ0) is 15.6. The Labute approximate surface area is 136 Å². The van der Waals surface area contributed by atoms with Gasteiger partial charge in [-0.2, -0.15) is 0 Å². The average molecular weight is 347 g/mol. The van der Waals surface area contributed by atoms with Gasteiger partial charge in [0.2, 0.25) is 10.0 Å². The van der Waals surface area contributed by atoms with Gasteiger partial charge >= 0.3 is 0 Å². The van der Waals surface area contributed by atoms with Crippen molar-refractivity contribution in [3.05, 3.63) is 28.8 Å². The van der Waals surface area contributed by atoms with Crippen LogP contribution in [0.5, 0.6) is 0 Å². The molecule has 1 aromatic rings. The maximum atomic E-state index is 12.7. The molecule has 0 heterocycles. The Morgan fingerprint density at radius 3 is 2.62 bits per heavy atom. The van der Waals surface area contributed by atoms with Crippen molar-refractivity contribution >= 4 is 38.8 Å². The third kappa shape index (κ3) is 3.74. The molecule has 0 saturated heterocycles. The van der Waals surface area contributed by atoms with E-state index in [4.69, 9.17) is 29.6 Å². The number of thiocarbonyl (C=S) groups is 1. The minimum absolute atomic E-state index is 0.0648. The van der Waals surface area contributed by atoms with Gasteiger partial charge < -0.3 is 5.73 Å². The van der Waals surface area contributed by atoms with Crippen molar-refractivity contribution in [2.24, 2.45) is 11.7 Å². The van der Waals surface area contributed by atoms with E-state index in [1.807, 2.05) is 0 Å². The smallest absolute Gasteiger partial charge is 0.244 e. The molecule has 4 nitrogen and oxygen atoms in total. The molecule has 1 fully saturated rings. The third-order valence-corrected chi connectivity index (χ3v) is 6.43. The van der Waals surface area contributed by atoms with Crippen LogP contribution >= 0.6 is 23.8 Å². The van der Waals surface area contributed by atoms with E-state index in [0.29, 0.717) is 18.0 Å². The van der Waals surface area contributed by atoms with Crippen molar-refractivity contribution in [3.8, 4) is 0 Å². The minimum Gasteiger partial charge on any atom is -0.389 e. The normalized spacial score (nSPS) is 16.5. The molecule has 21 heavy (non-hydrogen) atoms. The molecule has 0 radical (unpaired) electrons. The van der Waals surface area contributed by atoms with Crippen molar-refractivity contribution < 1.29 is 8.42 Å². The first-order valence-corrected chi connectivity index (χ1v) is 9.10. The summed E-state index contributed by atoms with van der Waals surface area (Å²) >= 11 is 11.0. The fourth-order valence-electron chi connectivity index (χ4n) is 2.68. The molecule has 1 aromatic carbocycles. The van der Waals surface area contributed by atoms with Crippen LogP contribution in [0, 0.1) is 5.92 Å². The Morgan fingerprint density at radius 1 is 1.43 bits per heavy atom. The van der Waals surface area contributed by atoms with Crippen molar-refractivity contribution in [1.82, 2.24) is 4.31 Å². The lowest BCUT2D eigenvalue weighted by Gasteiger charge is -2.21. The standard InChI is InChI=1S/C14H19ClN2O2S2/c1-17(9-10-4-2-3-5-10)21(18,19)13-8-11(14(16)20)6-7-12(13)15/h6-8,10H,2-5,9H2,1H3,(H2,16,20). The SMILES string of the molecule is CN(CC1CCCC1)S(=O)(=O)c1cc(C(N)=S)ccc1Cl. The second-order valence-electron chi connectivity index (χ2n) is 5.45. The summed E-state index contributed by atoms with van der Waals surface area (Å²) in [7, 11) is -2.03. The maximum Gasteiger partial charge on any atom is 0.244 e. The summed E-state index contributed by atoms with van der Waals surface area (Å²) in [6, 6.07) is 4.60. The molecule has 0 aromatic heterocycles. The molecule has 0 bridgehead atoms. The van der Waals surface area contributed by atoms with E-state index in [9.17, 15) is 8.42 Å². The average Bonchev–Trinajstić information content (AvgIpc) is 2.91.